The molecule has 0 heterocycles. The van der Waals surface area contributed by atoms with Gasteiger partial charge in [-0.1, -0.05) is 18.2 Å². The van der Waals surface area contributed by atoms with Gasteiger partial charge in [0, 0.05) is 10.5 Å². The highest BCUT2D eigenvalue weighted by atomic mass is 32.2. The maximum Gasteiger partial charge on any atom is 0.175 e. The van der Waals surface area contributed by atoms with Crippen molar-refractivity contribution in [1.29, 1.82) is 0 Å². The first-order valence-electron chi connectivity index (χ1n) is 6.94. The third kappa shape index (κ3) is 3.67. The van der Waals surface area contributed by atoms with Gasteiger partial charge in [0.2, 0.25) is 0 Å². The van der Waals surface area contributed by atoms with Crippen molar-refractivity contribution >= 4 is 16.6 Å². The largest absolute Gasteiger partial charge is 0.293 e. The van der Waals surface area contributed by atoms with E-state index in [1.54, 1.807) is 0 Å². The van der Waals surface area contributed by atoms with E-state index in [0.29, 0.717) is 5.56 Å². The highest BCUT2D eigenvalue weighted by molar-refractivity contribution is 7.85. The predicted octanol–water partition coefficient (Wildman–Crippen LogP) is 3.91. The molecule has 0 radical (unpaired) electrons. The van der Waals surface area contributed by atoms with Gasteiger partial charge in [0.05, 0.1) is 16.6 Å². The van der Waals surface area contributed by atoms with Crippen LogP contribution in [0.2, 0.25) is 0 Å². The molecule has 0 saturated heterocycles. The summed E-state index contributed by atoms with van der Waals surface area (Å²) < 4.78 is 12.3. The molecule has 0 aliphatic rings. The van der Waals surface area contributed by atoms with Crippen LogP contribution in [0.15, 0.2) is 41.3 Å². The zero-order valence-electron chi connectivity index (χ0n) is 12.9. The molecule has 2 rings (SSSR count). The minimum Gasteiger partial charge on any atom is -0.293 e. The van der Waals surface area contributed by atoms with Crippen LogP contribution in [0.1, 0.15) is 32.6 Å². The number of rotatable bonds is 4. The second-order valence-electron chi connectivity index (χ2n) is 5.46. The molecule has 0 saturated carbocycles. The summed E-state index contributed by atoms with van der Waals surface area (Å²) >= 11 is 0. The number of ketones is 1. The fourth-order valence-electron chi connectivity index (χ4n) is 2.06. The van der Waals surface area contributed by atoms with Crippen molar-refractivity contribution in [1.82, 2.24) is 0 Å². The molecular formula is C18H20O2S. The molecule has 1 atom stereocenters. The van der Waals surface area contributed by atoms with Gasteiger partial charge in [0.25, 0.3) is 0 Å². The van der Waals surface area contributed by atoms with Gasteiger partial charge in [-0.3, -0.25) is 9.00 Å². The van der Waals surface area contributed by atoms with Gasteiger partial charge >= 0.3 is 0 Å². The molecule has 0 N–H and O–H groups in total. The summed E-state index contributed by atoms with van der Waals surface area (Å²) in [5.41, 5.74) is 5.13. The minimum absolute atomic E-state index is 0.0327. The van der Waals surface area contributed by atoms with Crippen molar-refractivity contribution in [2.75, 3.05) is 5.75 Å². The van der Waals surface area contributed by atoms with Crippen LogP contribution in [0.3, 0.4) is 0 Å². The van der Waals surface area contributed by atoms with E-state index in [2.05, 4.69) is 0 Å². The second-order valence-corrected chi connectivity index (χ2v) is 6.91. The van der Waals surface area contributed by atoms with E-state index in [1.165, 1.54) is 0 Å². The van der Waals surface area contributed by atoms with Crippen molar-refractivity contribution < 1.29 is 9.00 Å². The first-order valence-corrected chi connectivity index (χ1v) is 8.26. The lowest BCUT2D eigenvalue weighted by Crippen LogP contribution is -2.11. The van der Waals surface area contributed by atoms with Crippen LogP contribution in [0.25, 0.3) is 0 Å². The summed E-state index contributed by atoms with van der Waals surface area (Å²) in [5.74, 6) is -0.0416. The lowest BCUT2D eigenvalue weighted by atomic mass is 10.0. The van der Waals surface area contributed by atoms with Crippen LogP contribution in [-0.2, 0) is 10.8 Å². The molecule has 110 valence electrons. The van der Waals surface area contributed by atoms with Crippen molar-refractivity contribution in [3.63, 3.8) is 0 Å². The molecule has 0 fully saturated rings. The Morgan fingerprint density at radius 3 is 2.00 bits per heavy atom. The molecule has 2 aromatic carbocycles. The first kappa shape index (κ1) is 15.6. The van der Waals surface area contributed by atoms with Crippen molar-refractivity contribution in [3.05, 3.63) is 64.2 Å². The zero-order valence-corrected chi connectivity index (χ0v) is 13.7. The number of carbonyl (C=O) groups excluding carboxylic acids is 1. The maximum absolute atomic E-state index is 12.3. The molecule has 1 unspecified atom stereocenters. The quantitative estimate of drug-likeness (QED) is 0.802. The highest BCUT2D eigenvalue weighted by Crippen LogP contribution is 2.16. The van der Waals surface area contributed by atoms with E-state index < -0.39 is 10.8 Å². The number of hydrogen-bond acceptors (Lipinski definition) is 2. The summed E-state index contributed by atoms with van der Waals surface area (Å²) in [6.07, 6.45) is 0. The van der Waals surface area contributed by atoms with E-state index in [4.69, 9.17) is 0 Å². The topological polar surface area (TPSA) is 34.1 Å². The van der Waals surface area contributed by atoms with Gasteiger partial charge in [-0.15, -0.1) is 0 Å². The Morgan fingerprint density at radius 1 is 0.857 bits per heavy atom. The average Bonchev–Trinajstić information content (AvgIpc) is 2.44. The molecule has 2 nitrogen and oxygen atoms in total. The lowest BCUT2D eigenvalue weighted by Gasteiger charge is -2.07. The minimum atomic E-state index is -1.29. The lowest BCUT2D eigenvalue weighted by molar-refractivity contribution is 0.102. The summed E-state index contributed by atoms with van der Waals surface area (Å²) in [6.45, 7) is 7.99. The summed E-state index contributed by atoms with van der Waals surface area (Å²) in [4.78, 5) is 13.0. The molecule has 0 aliphatic heterocycles. The SMILES string of the molecule is Cc1ccc(C(=O)CS(=O)c2ccc(C)c(C)c2)cc1C. The third-order valence-electron chi connectivity index (χ3n) is 3.83. The molecule has 0 amide bonds. The van der Waals surface area contributed by atoms with E-state index in [0.717, 1.165) is 27.1 Å². The summed E-state index contributed by atoms with van der Waals surface area (Å²) in [7, 11) is -1.29. The van der Waals surface area contributed by atoms with Gasteiger partial charge in [-0.2, -0.15) is 0 Å². The third-order valence-corrected chi connectivity index (χ3v) is 5.14. The van der Waals surface area contributed by atoms with Crippen molar-refractivity contribution in [2.45, 2.75) is 32.6 Å². The van der Waals surface area contributed by atoms with Crippen molar-refractivity contribution in [2.24, 2.45) is 0 Å². The van der Waals surface area contributed by atoms with Crippen LogP contribution >= 0.6 is 0 Å². The smallest absolute Gasteiger partial charge is 0.175 e. The predicted molar refractivity (Wildman–Crippen MR) is 87.4 cm³/mol. The normalized spacial score (nSPS) is 12.2. The van der Waals surface area contributed by atoms with Gasteiger partial charge in [-0.05, 0) is 68.1 Å². The number of carbonyl (C=O) groups is 1. The fourth-order valence-corrected chi connectivity index (χ4v) is 3.16. The Hall–Kier alpha value is -1.74. The molecule has 0 aliphatic carbocycles. The molecule has 3 heteroatoms. The number of Topliss-reactive ketones (excluding diaryl/α,β-unsaturated/α-hetero) is 1. The molecule has 0 aromatic heterocycles. The van der Waals surface area contributed by atoms with Crippen LogP contribution in [0.5, 0.6) is 0 Å². The fraction of sp³-hybridized carbons (Fsp3) is 0.278. The Labute approximate surface area is 128 Å². The van der Waals surface area contributed by atoms with Crippen LogP contribution < -0.4 is 0 Å². The standard InChI is InChI=1S/C18H20O2S/c1-12-5-7-16(9-14(12)3)18(19)11-21(20)17-8-6-13(2)15(4)10-17/h5-10H,11H2,1-4H3. The monoisotopic (exact) mass is 300 g/mol. The second kappa shape index (κ2) is 6.35. The molecule has 0 spiro atoms. The maximum atomic E-state index is 12.3. The Balaban J connectivity index is 2.16. The van der Waals surface area contributed by atoms with E-state index in [-0.39, 0.29) is 11.5 Å². The number of benzene rings is 2. The number of hydrogen-bond donors (Lipinski definition) is 0. The Morgan fingerprint density at radius 2 is 1.43 bits per heavy atom. The van der Waals surface area contributed by atoms with Gasteiger partial charge in [0.1, 0.15) is 0 Å². The van der Waals surface area contributed by atoms with Gasteiger partial charge < -0.3 is 0 Å². The Bertz CT molecular complexity index is 656. The first-order chi connectivity index (χ1) is 9.88. The van der Waals surface area contributed by atoms with E-state index in [1.807, 2.05) is 64.1 Å². The zero-order chi connectivity index (χ0) is 15.6. The molecule has 21 heavy (non-hydrogen) atoms. The Kier molecular flexibility index (Phi) is 4.73. The van der Waals surface area contributed by atoms with E-state index >= 15 is 0 Å². The highest BCUT2D eigenvalue weighted by Gasteiger charge is 2.13. The van der Waals surface area contributed by atoms with Crippen LogP contribution in [0.4, 0.5) is 0 Å². The van der Waals surface area contributed by atoms with Crippen molar-refractivity contribution in [3.8, 4) is 0 Å². The molecule has 0 bridgehead atoms. The van der Waals surface area contributed by atoms with Crippen LogP contribution in [-0.4, -0.2) is 15.7 Å². The summed E-state index contributed by atoms with van der Waals surface area (Å²) in [6, 6.07) is 11.3. The average molecular weight is 300 g/mol. The van der Waals surface area contributed by atoms with Crippen LogP contribution in [0, 0.1) is 27.7 Å². The van der Waals surface area contributed by atoms with Gasteiger partial charge in [0.15, 0.2) is 5.78 Å². The van der Waals surface area contributed by atoms with Gasteiger partial charge in [-0.25, -0.2) is 0 Å². The molecular weight excluding hydrogens is 280 g/mol. The number of aryl methyl sites for hydroxylation is 4. The van der Waals surface area contributed by atoms with E-state index in [9.17, 15) is 9.00 Å². The summed E-state index contributed by atoms with van der Waals surface area (Å²) in [5, 5.41) is 0. The molecule has 2 aromatic rings.